The SMILES string of the molecule is CC12CCC(C)(O1)c1cc(-c3ccc(N(c4ccc(Br)cc4)c4ccc(Br)cc4)c4ccccc34)ccc12. The number of nitrogens with zero attached hydrogens (tertiary/aromatic N) is 1. The smallest absolute Gasteiger partial charge is 0.0920 e. The summed E-state index contributed by atoms with van der Waals surface area (Å²) in [4.78, 5) is 2.34. The molecule has 0 saturated carbocycles. The van der Waals surface area contributed by atoms with Crippen LogP contribution in [0.3, 0.4) is 0 Å². The molecule has 5 aromatic rings. The quantitative estimate of drug-likeness (QED) is 0.197. The average molecular weight is 625 g/mol. The maximum Gasteiger partial charge on any atom is 0.0920 e. The summed E-state index contributed by atoms with van der Waals surface area (Å²) in [6.45, 7) is 4.50. The summed E-state index contributed by atoms with van der Waals surface area (Å²) in [6, 6.07) is 37.3. The highest BCUT2D eigenvalue weighted by Gasteiger charge is 2.54. The first-order valence-corrected chi connectivity index (χ1v) is 14.6. The van der Waals surface area contributed by atoms with Gasteiger partial charge in [0.1, 0.15) is 0 Å². The van der Waals surface area contributed by atoms with E-state index in [4.69, 9.17) is 4.74 Å². The second kappa shape index (κ2) is 8.81. The maximum atomic E-state index is 6.55. The number of fused-ring (bicyclic) bond motifs is 6. The molecule has 0 amide bonds. The van der Waals surface area contributed by atoms with Crippen LogP contribution < -0.4 is 4.90 Å². The molecular formula is C34H27Br2NO. The molecule has 0 N–H and O–H groups in total. The van der Waals surface area contributed by atoms with Crippen molar-refractivity contribution in [3.63, 3.8) is 0 Å². The third-order valence-electron chi connectivity index (χ3n) is 8.31. The van der Waals surface area contributed by atoms with Crippen LogP contribution in [-0.2, 0) is 15.9 Å². The molecule has 188 valence electrons. The van der Waals surface area contributed by atoms with Gasteiger partial charge in [0.25, 0.3) is 0 Å². The highest BCUT2D eigenvalue weighted by atomic mass is 79.9. The van der Waals surface area contributed by atoms with E-state index in [0.29, 0.717) is 0 Å². The van der Waals surface area contributed by atoms with E-state index in [1.54, 1.807) is 0 Å². The lowest BCUT2D eigenvalue weighted by Gasteiger charge is -2.28. The predicted molar refractivity (Wildman–Crippen MR) is 164 cm³/mol. The van der Waals surface area contributed by atoms with Gasteiger partial charge >= 0.3 is 0 Å². The minimum Gasteiger partial charge on any atom is -0.360 e. The molecule has 4 heteroatoms. The Balaban J connectivity index is 1.41. The first-order valence-electron chi connectivity index (χ1n) is 13.0. The number of ether oxygens (including phenoxy) is 1. The normalized spacial score (nSPS) is 21.6. The van der Waals surface area contributed by atoms with E-state index in [2.05, 4.69) is 154 Å². The summed E-state index contributed by atoms with van der Waals surface area (Å²) in [5.74, 6) is 0. The van der Waals surface area contributed by atoms with Crippen LogP contribution in [0, 0.1) is 0 Å². The van der Waals surface area contributed by atoms with Crippen molar-refractivity contribution >= 4 is 59.7 Å². The molecule has 5 aromatic carbocycles. The topological polar surface area (TPSA) is 12.5 Å². The Bertz CT molecular complexity index is 1650. The number of benzene rings is 5. The average Bonchev–Trinajstić information content (AvgIpc) is 3.38. The lowest BCUT2D eigenvalue weighted by molar-refractivity contribution is -0.0662. The van der Waals surface area contributed by atoms with E-state index < -0.39 is 0 Å². The van der Waals surface area contributed by atoms with E-state index >= 15 is 0 Å². The Morgan fingerprint density at radius 2 is 1.21 bits per heavy atom. The lowest BCUT2D eigenvalue weighted by atomic mass is 9.77. The van der Waals surface area contributed by atoms with Crippen molar-refractivity contribution in [3.05, 3.63) is 123 Å². The van der Waals surface area contributed by atoms with E-state index in [9.17, 15) is 0 Å². The number of rotatable bonds is 4. The second-order valence-electron chi connectivity index (χ2n) is 10.8. The van der Waals surface area contributed by atoms with Gasteiger partial charge in [-0.3, -0.25) is 0 Å². The molecule has 0 radical (unpaired) electrons. The summed E-state index contributed by atoms with van der Waals surface area (Å²) in [7, 11) is 0. The molecule has 0 spiro atoms. The van der Waals surface area contributed by atoms with Crippen LogP contribution in [0.25, 0.3) is 21.9 Å². The zero-order chi connectivity index (χ0) is 26.1. The van der Waals surface area contributed by atoms with Crippen molar-refractivity contribution in [3.8, 4) is 11.1 Å². The molecule has 38 heavy (non-hydrogen) atoms. The highest BCUT2D eigenvalue weighted by molar-refractivity contribution is 9.10. The second-order valence-corrected chi connectivity index (χ2v) is 12.6. The van der Waals surface area contributed by atoms with Crippen molar-refractivity contribution in [1.82, 2.24) is 0 Å². The Morgan fingerprint density at radius 3 is 1.84 bits per heavy atom. The Labute approximate surface area is 240 Å². The molecule has 2 nitrogen and oxygen atoms in total. The zero-order valence-electron chi connectivity index (χ0n) is 21.3. The monoisotopic (exact) mass is 623 g/mol. The number of hydrogen-bond acceptors (Lipinski definition) is 2. The van der Waals surface area contributed by atoms with Gasteiger partial charge in [0.05, 0.1) is 16.9 Å². The molecule has 1 saturated heterocycles. The molecule has 2 aliphatic rings. The minimum atomic E-state index is -0.185. The van der Waals surface area contributed by atoms with Crippen LogP contribution in [0.4, 0.5) is 17.1 Å². The fourth-order valence-electron chi connectivity index (χ4n) is 6.40. The van der Waals surface area contributed by atoms with Gasteiger partial charge in [-0.05, 0) is 115 Å². The predicted octanol–water partition coefficient (Wildman–Crippen LogP) is 10.8. The standard InChI is InChI=1S/C34H27Br2NO/c1-33-19-20-34(2,38-33)31-21-22(7-17-30(31)33)27-16-18-32(29-6-4-3-5-28(27)29)37(25-12-8-23(35)9-13-25)26-14-10-24(36)11-15-26/h3-18,21H,19-20H2,1-2H3. The molecule has 2 heterocycles. The first-order chi connectivity index (χ1) is 18.3. The third-order valence-corrected chi connectivity index (χ3v) is 9.37. The Kier molecular flexibility index (Phi) is 5.59. The van der Waals surface area contributed by atoms with Crippen molar-refractivity contribution in [1.29, 1.82) is 0 Å². The lowest BCUT2D eigenvalue weighted by Crippen LogP contribution is -2.17. The van der Waals surface area contributed by atoms with Gasteiger partial charge in [-0.25, -0.2) is 0 Å². The van der Waals surface area contributed by atoms with Gasteiger partial charge < -0.3 is 9.64 Å². The molecule has 0 aliphatic carbocycles. The first kappa shape index (κ1) is 24.1. The Hall–Kier alpha value is -2.92. The third kappa shape index (κ3) is 3.77. The summed E-state index contributed by atoms with van der Waals surface area (Å²) < 4.78 is 8.68. The van der Waals surface area contributed by atoms with Crippen molar-refractivity contribution in [2.45, 2.75) is 37.9 Å². The molecule has 2 aliphatic heterocycles. The zero-order valence-corrected chi connectivity index (χ0v) is 24.5. The molecule has 2 unspecified atom stereocenters. The van der Waals surface area contributed by atoms with Crippen molar-refractivity contribution in [2.75, 3.05) is 4.90 Å². The summed E-state index contributed by atoms with van der Waals surface area (Å²) in [5.41, 5.74) is 8.23. The van der Waals surface area contributed by atoms with E-state index in [-0.39, 0.29) is 11.2 Å². The summed E-state index contributed by atoms with van der Waals surface area (Å²) >= 11 is 7.20. The van der Waals surface area contributed by atoms with E-state index in [1.807, 2.05) is 0 Å². The number of halogens is 2. The van der Waals surface area contributed by atoms with Gasteiger partial charge in [0, 0.05) is 25.7 Å². The molecule has 0 aromatic heterocycles. The number of anilines is 3. The molecular weight excluding hydrogens is 598 g/mol. The number of hydrogen-bond donors (Lipinski definition) is 0. The van der Waals surface area contributed by atoms with Gasteiger partial charge in [0.15, 0.2) is 0 Å². The van der Waals surface area contributed by atoms with Crippen LogP contribution in [-0.4, -0.2) is 0 Å². The minimum absolute atomic E-state index is 0.148. The van der Waals surface area contributed by atoms with Crippen LogP contribution in [0.5, 0.6) is 0 Å². The molecule has 7 rings (SSSR count). The molecule has 2 bridgehead atoms. The van der Waals surface area contributed by atoms with E-state index in [1.165, 1.54) is 33.0 Å². The fraction of sp³-hybridized carbons (Fsp3) is 0.176. The van der Waals surface area contributed by atoms with E-state index in [0.717, 1.165) is 38.8 Å². The van der Waals surface area contributed by atoms with Gasteiger partial charge in [0.2, 0.25) is 0 Å². The van der Waals surface area contributed by atoms with Crippen LogP contribution in [0.15, 0.2) is 112 Å². The highest BCUT2D eigenvalue weighted by Crippen LogP contribution is 2.58. The summed E-state index contributed by atoms with van der Waals surface area (Å²) in [6.07, 6.45) is 2.17. The van der Waals surface area contributed by atoms with Crippen molar-refractivity contribution < 1.29 is 4.74 Å². The fourth-order valence-corrected chi connectivity index (χ4v) is 6.93. The molecule has 2 atom stereocenters. The van der Waals surface area contributed by atoms with Crippen LogP contribution in [0.1, 0.15) is 37.8 Å². The van der Waals surface area contributed by atoms with Gasteiger partial charge in [-0.15, -0.1) is 0 Å². The summed E-state index contributed by atoms with van der Waals surface area (Å²) in [5, 5.41) is 2.46. The largest absolute Gasteiger partial charge is 0.360 e. The Morgan fingerprint density at radius 1 is 0.632 bits per heavy atom. The van der Waals surface area contributed by atoms with Crippen molar-refractivity contribution in [2.24, 2.45) is 0 Å². The van der Waals surface area contributed by atoms with Crippen LogP contribution in [0.2, 0.25) is 0 Å². The molecule has 1 fully saturated rings. The van der Waals surface area contributed by atoms with Gasteiger partial charge in [-0.1, -0.05) is 74.3 Å². The maximum absolute atomic E-state index is 6.55. The van der Waals surface area contributed by atoms with Gasteiger partial charge in [-0.2, -0.15) is 0 Å². The van der Waals surface area contributed by atoms with Crippen LogP contribution >= 0.6 is 31.9 Å².